The number of rotatable bonds is 13. The predicted octanol–water partition coefficient (Wildman–Crippen LogP) is 6.54. The van der Waals surface area contributed by atoms with Gasteiger partial charge in [-0.15, -0.1) is 0 Å². The monoisotopic (exact) mass is 520 g/mol. The molecule has 196 valence electrons. The maximum absolute atomic E-state index is 12.6. The molecule has 1 heterocycles. The Bertz CT molecular complexity index is 954. The van der Waals surface area contributed by atoms with E-state index in [1.165, 1.54) is 0 Å². The summed E-state index contributed by atoms with van der Waals surface area (Å²) in [6, 6.07) is 1.97. The van der Waals surface area contributed by atoms with Crippen molar-refractivity contribution < 1.29 is 28.5 Å². The van der Waals surface area contributed by atoms with Gasteiger partial charge in [-0.3, -0.25) is 4.79 Å². The molecule has 0 amide bonds. The summed E-state index contributed by atoms with van der Waals surface area (Å²) in [4.78, 5) is 24.8. The highest BCUT2D eigenvalue weighted by Crippen LogP contribution is 2.43. The van der Waals surface area contributed by atoms with Gasteiger partial charge < -0.3 is 18.9 Å². The minimum absolute atomic E-state index is 0.153. The average molecular weight is 521 g/mol. The van der Waals surface area contributed by atoms with E-state index < -0.39 is 16.1 Å². The molecule has 0 unspecified atom stereocenters. The van der Waals surface area contributed by atoms with E-state index in [4.69, 9.17) is 18.9 Å². The van der Waals surface area contributed by atoms with Crippen LogP contribution in [0, 0.1) is 6.92 Å². The van der Waals surface area contributed by atoms with Crippen LogP contribution in [0.2, 0.25) is 51.4 Å². The Hall–Kier alpha value is -2.07. The largest absolute Gasteiger partial charge is 0.496 e. The fourth-order valence-electron chi connectivity index (χ4n) is 3.85. The predicted molar refractivity (Wildman–Crippen MR) is 146 cm³/mol. The second-order valence-corrected chi connectivity index (χ2v) is 23.1. The zero-order valence-electron chi connectivity index (χ0n) is 23.2. The van der Waals surface area contributed by atoms with Gasteiger partial charge in [0.15, 0.2) is 0 Å². The Morgan fingerprint density at radius 2 is 1.63 bits per heavy atom. The first-order chi connectivity index (χ1) is 16.2. The van der Waals surface area contributed by atoms with Crippen LogP contribution in [0.1, 0.15) is 46.8 Å². The number of fused-ring (bicyclic) bond motifs is 1. The summed E-state index contributed by atoms with van der Waals surface area (Å²) in [5.74, 6) is 0.828. The van der Waals surface area contributed by atoms with E-state index in [9.17, 15) is 9.59 Å². The number of methoxy groups -OCH3 is 1. The third-order valence-corrected chi connectivity index (χ3v) is 9.63. The molecule has 0 atom stereocenters. The Balaban J connectivity index is 2.19. The van der Waals surface area contributed by atoms with Gasteiger partial charge in [0.25, 0.3) is 0 Å². The van der Waals surface area contributed by atoms with Crippen molar-refractivity contribution in [3.63, 3.8) is 0 Å². The van der Waals surface area contributed by atoms with Crippen molar-refractivity contribution in [2.24, 2.45) is 0 Å². The van der Waals surface area contributed by atoms with Crippen LogP contribution in [0.5, 0.6) is 11.5 Å². The number of cyclic esters (lactones) is 1. The van der Waals surface area contributed by atoms with Gasteiger partial charge in [0.1, 0.15) is 23.7 Å². The smallest absolute Gasteiger partial charge is 0.342 e. The van der Waals surface area contributed by atoms with Crippen LogP contribution >= 0.6 is 0 Å². The van der Waals surface area contributed by atoms with Crippen molar-refractivity contribution in [3.05, 3.63) is 33.9 Å². The number of carbonyl (C=O) groups is 2. The number of benzene rings is 1. The first-order valence-electron chi connectivity index (χ1n) is 12.6. The molecule has 0 bridgehead atoms. The molecule has 0 saturated heterocycles. The molecule has 0 saturated carbocycles. The highest BCUT2D eigenvalue weighted by atomic mass is 28.3. The minimum atomic E-state index is -1.31. The van der Waals surface area contributed by atoms with Gasteiger partial charge in [0, 0.05) is 33.7 Å². The van der Waals surface area contributed by atoms with Crippen molar-refractivity contribution in [1.29, 1.82) is 0 Å². The molecule has 1 aliphatic heterocycles. The highest BCUT2D eigenvalue weighted by molar-refractivity contribution is 6.76. The summed E-state index contributed by atoms with van der Waals surface area (Å²) in [6.45, 7) is 19.0. The van der Waals surface area contributed by atoms with Crippen LogP contribution < -0.4 is 9.47 Å². The van der Waals surface area contributed by atoms with Crippen molar-refractivity contribution in [2.75, 3.05) is 20.3 Å². The molecular weight excluding hydrogens is 476 g/mol. The lowest BCUT2D eigenvalue weighted by molar-refractivity contribution is -0.143. The number of ether oxygens (including phenoxy) is 4. The molecule has 0 fully saturated rings. The Morgan fingerprint density at radius 1 is 1.00 bits per heavy atom. The van der Waals surface area contributed by atoms with E-state index in [1.807, 2.05) is 13.8 Å². The van der Waals surface area contributed by atoms with E-state index in [0.29, 0.717) is 43.8 Å². The van der Waals surface area contributed by atoms with Crippen LogP contribution in [-0.4, -0.2) is 48.4 Å². The normalized spacial score (nSPS) is 14.0. The van der Waals surface area contributed by atoms with Gasteiger partial charge in [0.2, 0.25) is 0 Å². The van der Waals surface area contributed by atoms with E-state index in [1.54, 1.807) is 7.11 Å². The van der Waals surface area contributed by atoms with E-state index in [-0.39, 0.29) is 18.5 Å². The second-order valence-electron chi connectivity index (χ2n) is 11.8. The van der Waals surface area contributed by atoms with Gasteiger partial charge >= 0.3 is 11.9 Å². The van der Waals surface area contributed by atoms with Crippen molar-refractivity contribution >= 4 is 28.1 Å². The lowest BCUT2D eigenvalue weighted by Gasteiger charge is -2.21. The van der Waals surface area contributed by atoms with Crippen molar-refractivity contribution in [1.82, 2.24) is 0 Å². The first-order valence-corrected chi connectivity index (χ1v) is 20.0. The van der Waals surface area contributed by atoms with E-state index in [0.717, 1.165) is 40.1 Å². The van der Waals surface area contributed by atoms with Crippen LogP contribution in [0.4, 0.5) is 0 Å². The van der Waals surface area contributed by atoms with Crippen molar-refractivity contribution in [2.45, 2.75) is 91.1 Å². The summed E-state index contributed by atoms with van der Waals surface area (Å²) in [5.41, 5.74) is 4.24. The van der Waals surface area contributed by atoms with Crippen LogP contribution in [-0.2, 0) is 27.3 Å². The average Bonchev–Trinajstić information content (AvgIpc) is 3.12. The third kappa shape index (κ3) is 8.83. The van der Waals surface area contributed by atoms with Crippen LogP contribution in [0.15, 0.2) is 11.6 Å². The molecule has 1 aromatic rings. The topological polar surface area (TPSA) is 71.1 Å². The lowest BCUT2D eigenvalue weighted by atomic mass is 9.94. The number of hydrogen-bond acceptors (Lipinski definition) is 6. The molecule has 2 rings (SSSR count). The van der Waals surface area contributed by atoms with Gasteiger partial charge in [-0.1, -0.05) is 50.9 Å². The number of hydrogen-bond donors (Lipinski definition) is 0. The fourth-order valence-corrected chi connectivity index (χ4v) is 5.28. The second kappa shape index (κ2) is 12.3. The number of allylic oxidation sites excluding steroid dienone is 2. The standard InChI is InChI=1S/C27H44O6Si2/c1-19(11-13-23(28)31-14-16-34(4,5)6)10-12-21-25(30-3)20(2)22-18-33-27(29)24(22)26(21)32-15-17-35(7,8)9/h10H,11-18H2,1-9H3/b19-10+. The zero-order chi connectivity index (χ0) is 26.4. The molecule has 35 heavy (non-hydrogen) atoms. The minimum Gasteiger partial charge on any atom is -0.496 e. The van der Waals surface area contributed by atoms with Gasteiger partial charge in [-0.25, -0.2) is 4.79 Å². The molecule has 0 aliphatic carbocycles. The summed E-state index contributed by atoms with van der Waals surface area (Å²) in [7, 11) is -0.875. The summed E-state index contributed by atoms with van der Waals surface area (Å²) >= 11 is 0. The quantitative estimate of drug-likeness (QED) is 0.167. The van der Waals surface area contributed by atoms with E-state index >= 15 is 0 Å². The lowest BCUT2D eigenvalue weighted by Crippen LogP contribution is -2.23. The Labute approximate surface area is 213 Å². The van der Waals surface area contributed by atoms with E-state index in [2.05, 4.69) is 45.4 Å². The molecule has 1 aromatic carbocycles. The summed E-state index contributed by atoms with van der Waals surface area (Å²) in [5, 5.41) is 0. The third-order valence-electron chi connectivity index (χ3n) is 6.22. The van der Waals surface area contributed by atoms with Crippen molar-refractivity contribution in [3.8, 4) is 11.5 Å². The molecule has 1 aliphatic rings. The molecule has 8 heteroatoms. The Kier molecular flexibility index (Phi) is 10.2. The molecular formula is C27H44O6Si2. The van der Waals surface area contributed by atoms with Gasteiger partial charge in [-0.05, 0) is 44.3 Å². The van der Waals surface area contributed by atoms with Gasteiger partial charge in [0.05, 0.1) is 20.3 Å². The Morgan fingerprint density at radius 3 is 2.23 bits per heavy atom. The number of carbonyl (C=O) groups excluding carboxylic acids is 2. The maximum atomic E-state index is 12.6. The maximum Gasteiger partial charge on any atom is 0.342 e. The fraction of sp³-hybridized carbons (Fsp3) is 0.630. The molecule has 6 nitrogen and oxygen atoms in total. The zero-order valence-corrected chi connectivity index (χ0v) is 25.2. The molecule has 0 radical (unpaired) electrons. The number of esters is 2. The van der Waals surface area contributed by atoms with Crippen LogP contribution in [0.25, 0.3) is 0 Å². The first kappa shape index (κ1) is 29.2. The summed E-state index contributed by atoms with van der Waals surface area (Å²) < 4.78 is 22.8. The molecule has 0 N–H and O–H groups in total. The van der Waals surface area contributed by atoms with Crippen LogP contribution in [0.3, 0.4) is 0 Å². The SMILES string of the molecule is COc1c(C)c2c(c(OCC[Si](C)(C)C)c1C/C=C(\C)CCC(=O)OCC[Si](C)(C)C)C(=O)OC2. The summed E-state index contributed by atoms with van der Waals surface area (Å²) in [6.07, 6.45) is 3.63. The molecule has 0 aromatic heterocycles. The van der Waals surface area contributed by atoms with Gasteiger partial charge in [-0.2, -0.15) is 0 Å². The highest BCUT2D eigenvalue weighted by Gasteiger charge is 2.33. The molecule has 0 spiro atoms.